The van der Waals surface area contributed by atoms with Crippen LogP contribution < -0.4 is 15.4 Å². The summed E-state index contributed by atoms with van der Waals surface area (Å²) in [4.78, 5) is 6.81. The molecular weight excluding hydrogens is 446 g/mol. The Hall–Kier alpha value is -1.09. The van der Waals surface area contributed by atoms with Crippen LogP contribution in [0.5, 0.6) is 5.75 Å². The summed E-state index contributed by atoms with van der Waals surface area (Å²) in [5, 5.41) is 6.65. The molecule has 1 fully saturated rings. The number of nitrogens with one attached hydrogen (secondary N) is 2. The largest absolute Gasteiger partial charge is 0.486 e. The zero-order valence-corrected chi connectivity index (χ0v) is 18.3. The van der Waals surface area contributed by atoms with Gasteiger partial charge in [0.1, 0.15) is 6.10 Å². The third kappa shape index (κ3) is 7.26. The van der Waals surface area contributed by atoms with Crippen molar-refractivity contribution in [2.45, 2.75) is 45.3 Å². The molecule has 1 heterocycles. The molecule has 0 bridgehead atoms. The van der Waals surface area contributed by atoms with E-state index >= 15 is 0 Å². The highest BCUT2D eigenvalue weighted by molar-refractivity contribution is 14.0. The highest BCUT2D eigenvalue weighted by Crippen LogP contribution is 2.16. The summed E-state index contributed by atoms with van der Waals surface area (Å²) in [7, 11) is 1.76. The molecule has 0 aromatic heterocycles. The fraction of sp³-hybridized carbons (Fsp3) is 0.632. The summed E-state index contributed by atoms with van der Waals surface area (Å²) < 4.78 is 19.3. The Bertz CT molecular complexity index is 552. The van der Waals surface area contributed by atoms with Crippen molar-refractivity contribution in [1.29, 1.82) is 0 Å². The van der Waals surface area contributed by atoms with Gasteiger partial charge in [-0.3, -0.25) is 9.89 Å². The Morgan fingerprint density at radius 2 is 1.88 bits per heavy atom. The molecule has 2 atom stereocenters. The van der Waals surface area contributed by atoms with Gasteiger partial charge in [-0.2, -0.15) is 0 Å². The Balaban J connectivity index is 0.00000338. The lowest BCUT2D eigenvalue weighted by Gasteiger charge is -2.27. The normalized spacial score (nSPS) is 17.3. The molecule has 1 aliphatic heterocycles. The smallest absolute Gasteiger partial charge is 0.191 e. The Morgan fingerprint density at radius 1 is 1.23 bits per heavy atom. The van der Waals surface area contributed by atoms with Gasteiger partial charge < -0.3 is 15.4 Å². The molecule has 0 aliphatic carbocycles. The topological polar surface area (TPSA) is 48.9 Å². The number of benzene rings is 1. The second-order valence-electron chi connectivity index (χ2n) is 6.50. The maximum absolute atomic E-state index is 13.6. The highest BCUT2D eigenvalue weighted by Gasteiger charge is 2.20. The predicted molar refractivity (Wildman–Crippen MR) is 116 cm³/mol. The van der Waals surface area contributed by atoms with Crippen molar-refractivity contribution in [3.63, 3.8) is 0 Å². The lowest BCUT2D eigenvalue weighted by atomic mass is 10.2. The van der Waals surface area contributed by atoms with Gasteiger partial charge in [-0.15, -0.1) is 24.0 Å². The molecule has 26 heavy (non-hydrogen) atoms. The van der Waals surface area contributed by atoms with Crippen LogP contribution in [-0.4, -0.2) is 56.2 Å². The number of rotatable bonds is 8. The highest BCUT2D eigenvalue weighted by atomic mass is 127. The second kappa shape index (κ2) is 12.3. The average Bonchev–Trinajstić information content (AvgIpc) is 3.14. The van der Waals surface area contributed by atoms with Crippen LogP contribution in [0.25, 0.3) is 0 Å². The summed E-state index contributed by atoms with van der Waals surface area (Å²) in [6, 6.07) is 7.00. The van der Waals surface area contributed by atoms with Crippen LogP contribution in [-0.2, 0) is 0 Å². The minimum absolute atomic E-state index is 0. The number of aliphatic imine (C=N–C) groups is 1. The summed E-state index contributed by atoms with van der Waals surface area (Å²) in [5.41, 5.74) is 0. The molecule has 1 aromatic carbocycles. The number of hydrogen-bond acceptors (Lipinski definition) is 3. The molecule has 0 saturated carbocycles. The first-order valence-corrected chi connectivity index (χ1v) is 9.23. The van der Waals surface area contributed by atoms with E-state index in [-0.39, 0.29) is 41.6 Å². The van der Waals surface area contributed by atoms with E-state index in [1.54, 1.807) is 25.2 Å². The van der Waals surface area contributed by atoms with Crippen LogP contribution in [0.2, 0.25) is 0 Å². The summed E-state index contributed by atoms with van der Waals surface area (Å²) in [6.45, 7) is 7.95. The van der Waals surface area contributed by atoms with Gasteiger partial charge in [0.25, 0.3) is 0 Å². The Kier molecular flexibility index (Phi) is 10.9. The quantitative estimate of drug-likeness (QED) is 0.342. The van der Waals surface area contributed by atoms with Gasteiger partial charge >= 0.3 is 0 Å². The molecule has 0 amide bonds. The Morgan fingerprint density at radius 3 is 2.50 bits per heavy atom. The fourth-order valence-electron chi connectivity index (χ4n) is 3.11. The number of hydrogen-bond donors (Lipinski definition) is 2. The lowest BCUT2D eigenvalue weighted by molar-refractivity contribution is 0.213. The predicted octanol–water partition coefficient (Wildman–Crippen LogP) is 3.25. The van der Waals surface area contributed by atoms with E-state index in [2.05, 4.69) is 27.4 Å². The molecule has 2 unspecified atom stereocenters. The first-order chi connectivity index (χ1) is 12.1. The number of halogens is 2. The van der Waals surface area contributed by atoms with Crippen molar-refractivity contribution in [3.05, 3.63) is 30.1 Å². The maximum atomic E-state index is 13.6. The summed E-state index contributed by atoms with van der Waals surface area (Å²) in [6.07, 6.45) is 3.55. The van der Waals surface area contributed by atoms with Crippen LogP contribution in [0.15, 0.2) is 29.3 Å². The van der Waals surface area contributed by atoms with E-state index in [0.29, 0.717) is 12.6 Å². The zero-order valence-electron chi connectivity index (χ0n) is 16.0. The third-order valence-electron chi connectivity index (χ3n) is 4.58. The van der Waals surface area contributed by atoms with Crippen molar-refractivity contribution in [1.82, 2.24) is 15.5 Å². The van der Waals surface area contributed by atoms with Gasteiger partial charge in [0.05, 0.1) is 6.54 Å². The van der Waals surface area contributed by atoms with Gasteiger partial charge in [-0.25, -0.2) is 4.39 Å². The number of ether oxygens (including phenoxy) is 1. The zero-order chi connectivity index (χ0) is 18.1. The van der Waals surface area contributed by atoms with E-state index in [9.17, 15) is 4.39 Å². The number of para-hydroxylation sites is 1. The fourth-order valence-corrected chi connectivity index (χ4v) is 3.11. The molecule has 5 nitrogen and oxygen atoms in total. The molecule has 1 aromatic rings. The van der Waals surface area contributed by atoms with Gasteiger partial charge in [-0.1, -0.05) is 19.1 Å². The molecule has 0 spiro atoms. The van der Waals surface area contributed by atoms with Crippen LogP contribution in [0.1, 0.15) is 33.1 Å². The second-order valence-corrected chi connectivity index (χ2v) is 6.50. The van der Waals surface area contributed by atoms with E-state index in [1.165, 1.54) is 32.0 Å². The van der Waals surface area contributed by atoms with E-state index in [4.69, 9.17) is 4.74 Å². The third-order valence-corrected chi connectivity index (χ3v) is 4.58. The van der Waals surface area contributed by atoms with Crippen LogP contribution in [0.4, 0.5) is 4.39 Å². The van der Waals surface area contributed by atoms with E-state index in [0.717, 1.165) is 18.9 Å². The van der Waals surface area contributed by atoms with Crippen molar-refractivity contribution < 1.29 is 9.13 Å². The van der Waals surface area contributed by atoms with Crippen molar-refractivity contribution in [2.75, 3.05) is 33.2 Å². The molecule has 2 rings (SSSR count). The minimum atomic E-state index is -0.340. The van der Waals surface area contributed by atoms with Gasteiger partial charge in [0, 0.05) is 19.6 Å². The number of guanidine groups is 1. The first kappa shape index (κ1) is 23.0. The van der Waals surface area contributed by atoms with Crippen molar-refractivity contribution >= 4 is 29.9 Å². The SMILES string of the molecule is CCC(CNC(=NC)NCC(C)Oc1ccccc1F)N1CCCC1.I. The Labute approximate surface area is 173 Å². The van der Waals surface area contributed by atoms with Crippen LogP contribution >= 0.6 is 24.0 Å². The molecule has 7 heteroatoms. The summed E-state index contributed by atoms with van der Waals surface area (Å²) >= 11 is 0. The number of nitrogens with zero attached hydrogens (tertiary/aromatic N) is 2. The maximum Gasteiger partial charge on any atom is 0.191 e. The molecule has 2 N–H and O–H groups in total. The van der Waals surface area contributed by atoms with Gasteiger partial charge in [0.15, 0.2) is 17.5 Å². The van der Waals surface area contributed by atoms with Crippen LogP contribution in [0.3, 0.4) is 0 Å². The van der Waals surface area contributed by atoms with Crippen LogP contribution in [0, 0.1) is 5.82 Å². The lowest BCUT2D eigenvalue weighted by Crippen LogP contribution is -2.47. The van der Waals surface area contributed by atoms with Gasteiger partial charge in [0.2, 0.25) is 0 Å². The van der Waals surface area contributed by atoms with Crippen molar-refractivity contribution in [2.24, 2.45) is 4.99 Å². The van der Waals surface area contributed by atoms with E-state index < -0.39 is 0 Å². The molecule has 148 valence electrons. The monoisotopic (exact) mass is 478 g/mol. The standard InChI is InChI=1S/C19H31FN4O.HI/c1-4-16(24-11-7-8-12-24)14-23-19(21-3)22-13-15(2)25-18-10-6-5-9-17(18)20;/h5-6,9-10,15-16H,4,7-8,11-14H2,1-3H3,(H2,21,22,23);1H. The van der Waals surface area contributed by atoms with Crippen molar-refractivity contribution in [3.8, 4) is 5.75 Å². The molecular formula is C19H32FIN4O. The van der Waals surface area contributed by atoms with E-state index in [1.807, 2.05) is 6.92 Å². The molecule has 1 aliphatic rings. The summed E-state index contributed by atoms with van der Waals surface area (Å²) in [5.74, 6) is 0.690. The average molecular weight is 478 g/mol. The minimum Gasteiger partial charge on any atom is -0.486 e. The molecule has 1 saturated heterocycles. The molecule has 0 radical (unpaired) electrons. The number of likely N-dealkylation sites (tertiary alicyclic amines) is 1. The van der Waals surface area contributed by atoms with Gasteiger partial charge in [-0.05, 0) is 51.4 Å². The first-order valence-electron chi connectivity index (χ1n) is 9.23.